The van der Waals surface area contributed by atoms with Gasteiger partial charge in [0, 0.05) is 6.54 Å². The zero-order valence-corrected chi connectivity index (χ0v) is 11.1. The lowest BCUT2D eigenvalue weighted by molar-refractivity contribution is -0.135. The van der Waals surface area contributed by atoms with Crippen LogP contribution >= 0.6 is 0 Å². The van der Waals surface area contributed by atoms with Gasteiger partial charge in [0.25, 0.3) is 0 Å². The minimum Gasteiger partial charge on any atom is -0.480 e. The van der Waals surface area contributed by atoms with Gasteiger partial charge in [0.05, 0.1) is 15.5 Å². The smallest absolute Gasteiger partial charge is 0.323 e. The summed E-state index contributed by atoms with van der Waals surface area (Å²) in [7, 11) is -3.32. The fourth-order valence-electron chi connectivity index (χ4n) is 2.32. The quantitative estimate of drug-likeness (QED) is 0.889. The number of carboxylic acids is 1. The Balaban J connectivity index is 2.46. The summed E-state index contributed by atoms with van der Waals surface area (Å²) < 4.78 is 23.8. The number of hydrogen-bond acceptors (Lipinski definition) is 4. The van der Waals surface area contributed by atoms with Gasteiger partial charge in [0.15, 0.2) is 0 Å². The molecule has 0 unspecified atom stereocenters. The van der Waals surface area contributed by atoms with Crippen molar-refractivity contribution >= 4 is 21.5 Å². The maximum atomic E-state index is 11.9. The average Bonchev–Trinajstić information content (AvgIpc) is 2.27. The van der Waals surface area contributed by atoms with Crippen molar-refractivity contribution in [3.63, 3.8) is 0 Å². The molecule has 0 fully saturated rings. The van der Waals surface area contributed by atoms with Gasteiger partial charge in [-0.15, -0.1) is 0 Å². The molecule has 18 heavy (non-hydrogen) atoms. The fraction of sp³-hybridized carbons (Fsp3) is 0.417. The lowest BCUT2D eigenvalue weighted by atomic mass is 10.1. The number of carboxylic acid groups (broad SMARTS) is 1. The number of aliphatic carboxylic acids is 1. The molecule has 2 bridgehead atoms. The molecule has 1 aromatic carbocycles. The minimum absolute atomic E-state index is 0.185. The zero-order valence-electron chi connectivity index (χ0n) is 10.3. The molecule has 1 aromatic rings. The van der Waals surface area contributed by atoms with E-state index in [1.54, 1.807) is 24.0 Å². The first-order valence-corrected chi connectivity index (χ1v) is 7.23. The van der Waals surface area contributed by atoms with E-state index in [-0.39, 0.29) is 11.4 Å². The van der Waals surface area contributed by atoms with E-state index >= 15 is 0 Å². The number of rotatable bonds is 5. The Hall–Kier alpha value is -1.56. The Morgan fingerprint density at radius 1 is 1.39 bits per heavy atom. The number of fused-ring (bicyclic) bond motifs is 2. The number of carbonyl (C=O) groups is 1. The van der Waals surface area contributed by atoms with E-state index in [4.69, 9.17) is 5.11 Å². The number of hydrogen-bond donors (Lipinski definition) is 1. The minimum atomic E-state index is -3.32. The molecule has 0 aliphatic carbocycles. The van der Waals surface area contributed by atoms with Gasteiger partial charge in [0.1, 0.15) is 6.54 Å². The third-order valence-electron chi connectivity index (χ3n) is 3.05. The van der Waals surface area contributed by atoms with Crippen LogP contribution in [-0.2, 0) is 14.6 Å². The Labute approximate surface area is 106 Å². The second-order valence-corrected chi connectivity index (χ2v) is 6.21. The third-order valence-corrected chi connectivity index (χ3v) is 5.13. The SMILES string of the molecule is CCCN(CC(=O)O)c1ccc2c(C)c1S2(=O)=O. The number of benzene rings is 1. The number of anilines is 1. The summed E-state index contributed by atoms with van der Waals surface area (Å²) in [5, 5.41) is 8.89. The molecule has 0 amide bonds. The molecule has 0 saturated heterocycles. The van der Waals surface area contributed by atoms with Crippen LogP contribution in [-0.4, -0.2) is 32.6 Å². The summed E-state index contributed by atoms with van der Waals surface area (Å²) >= 11 is 0. The van der Waals surface area contributed by atoms with Crippen LogP contribution in [0.25, 0.3) is 0 Å². The molecule has 0 aromatic heterocycles. The van der Waals surface area contributed by atoms with E-state index in [1.807, 2.05) is 6.92 Å². The summed E-state index contributed by atoms with van der Waals surface area (Å²) in [5.74, 6) is -0.964. The molecule has 0 saturated carbocycles. The highest BCUT2D eigenvalue weighted by Gasteiger charge is 2.38. The Morgan fingerprint density at radius 3 is 2.50 bits per heavy atom. The molecular formula is C12H15NO4S. The van der Waals surface area contributed by atoms with Gasteiger partial charge in [-0.05, 0) is 31.0 Å². The molecule has 0 radical (unpaired) electrons. The maximum absolute atomic E-state index is 11.9. The number of sulfone groups is 1. The van der Waals surface area contributed by atoms with Gasteiger partial charge >= 0.3 is 5.97 Å². The topological polar surface area (TPSA) is 74.7 Å². The van der Waals surface area contributed by atoms with Crippen molar-refractivity contribution < 1.29 is 18.3 Å². The summed E-state index contributed by atoms with van der Waals surface area (Å²) in [6.07, 6.45) is 0.758. The lowest BCUT2D eigenvalue weighted by Gasteiger charge is -2.31. The molecule has 2 aliphatic heterocycles. The normalized spacial score (nSPS) is 15.0. The standard InChI is InChI=1S/C12H15NO4S/c1-3-6-13(7-11(14)15)9-4-5-10-8(2)12(9)18(10,16)17/h4-5H,3,6-7H2,1-2H3,(H,14,15). The van der Waals surface area contributed by atoms with Crippen LogP contribution in [0, 0.1) is 6.92 Å². The predicted molar refractivity (Wildman–Crippen MR) is 66.8 cm³/mol. The van der Waals surface area contributed by atoms with Gasteiger partial charge in [-0.3, -0.25) is 4.79 Å². The maximum Gasteiger partial charge on any atom is 0.323 e. The Morgan fingerprint density at radius 2 is 2.06 bits per heavy atom. The summed E-state index contributed by atoms with van der Waals surface area (Å²) in [6, 6.07) is 3.24. The largest absolute Gasteiger partial charge is 0.480 e. The lowest BCUT2D eigenvalue weighted by Crippen LogP contribution is -2.33. The first-order chi connectivity index (χ1) is 8.39. The highest BCUT2D eigenvalue weighted by atomic mass is 32.2. The van der Waals surface area contributed by atoms with Gasteiger partial charge in [-0.25, -0.2) is 8.42 Å². The fourth-order valence-corrected chi connectivity index (χ4v) is 4.12. The van der Waals surface area contributed by atoms with Crippen LogP contribution in [0.3, 0.4) is 0 Å². The van der Waals surface area contributed by atoms with Crippen molar-refractivity contribution in [2.75, 3.05) is 18.0 Å². The molecule has 0 spiro atoms. The molecule has 6 heteroatoms. The van der Waals surface area contributed by atoms with Crippen LogP contribution in [0.4, 0.5) is 5.69 Å². The highest BCUT2D eigenvalue weighted by molar-refractivity contribution is 7.93. The van der Waals surface area contributed by atoms with Crippen LogP contribution < -0.4 is 4.90 Å². The molecule has 98 valence electrons. The monoisotopic (exact) mass is 269 g/mol. The molecule has 3 rings (SSSR count). The Kier molecular flexibility index (Phi) is 3.06. The van der Waals surface area contributed by atoms with E-state index < -0.39 is 15.8 Å². The molecular weight excluding hydrogens is 254 g/mol. The van der Waals surface area contributed by atoms with E-state index in [2.05, 4.69) is 0 Å². The first-order valence-electron chi connectivity index (χ1n) is 5.75. The first kappa shape index (κ1) is 12.9. The Bertz CT molecular complexity index is 607. The van der Waals surface area contributed by atoms with Crippen LogP contribution in [0.5, 0.6) is 0 Å². The van der Waals surface area contributed by atoms with Crippen molar-refractivity contribution in [3.05, 3.63) is 17.7 Å². The van der Waals surface area contributed by atoms with Crippen molar-refractivity contribution in [1.82, 2.24) is 0 Å². The van der Waals surface area contributed by atoms with E-state index in [9.17, 15) is 13.2 Å². The molecule has 2 heterocycles. The van der Waals surface area contributed by atoms with Gasteiger partial charge in [0.2, 0.25) is 9.84 Å². The molecule has 0 atom stereocenters. The number of nitrogens with zero attached hydrogens (tertiary/aromatic N) is 1. The van der Waals surface area contributed by atoms with E-state index in [0.717, 1.165) is 12.0 Å². The van der Waals surface area contributed by atoms with Crippen LogP contribution in [0.1, 0.15) is 18.9 Å². The van der Waals surface area contributed by atoms with Crippen molar-refractivity contribution in [2.24, 2.45) is 0 Å². The zero-order chi connectivity index (χ0) is 13.5. The van der Waals surface area contributed by atoms with Gasteiger partial charge < -0.3 is 10.0 Å². The number of aryl methyl sites for hydroxylation is 1. The van der Waals surface area contributed by atoms with Crippen molar-refractivity contribution in [1.29, 1.82) is 0 Å². The van der Waals surface area contributed by atoms with Crippen molar-refractivity contribution in [3.8, 4) is 0 Å². The molecule has 5 nitrogen and oxygen atoms in total. The van der Waals surface area contributed by atoms with E-state index in [1.165, 1.54) is 0 Å². The van der Waals surface area contributed by atoms with Gasteiger partial charge in [-0.2, -0.15) is 0 Å². The summed E-state index contributed by atoms with van der Waals surface area (Å²) in [4.78, 5) is 13.1. The third kappa shape index (κ3) is 1.77. The van der Waals surface area contributed by atoms with Crippen molar-refractivity contribution in [2.45, 2.75) is 30.1 Å². The average molecular weight is 269 g/mol. The van der Waals surface area contributed by atoms with Crippen LogP contribution in [0.15, 0.2) is 21.9 Å². The molecule has 1 N–H and O–H groups in total. The second-order valence-electron chi connectivity index (χ2n) is 4.36. The molecule has 2 aliphatic rings. The second kappa shape index (κ2) is 4.28. The summed E-state index contributed by atoms with van der Waals surface area (Å²) in [6.45, 7) is 4.01. The van der Waals surface area contributed by atoms with Crippen LogP contribution in [0.2, 0.25) is 0 Å². The van der Waals surface area contributed by atoms with Gasteiger partial charge in [-0.1, -0.05) is 6.92 Å². The highest BCUT2D eigenvalue weighted by Crippen LogP contribution is 2.44. The van der Waals surface area contributed by atoms with E-state index in [0.29, 0.717) is 17.1 Å². The predicted octanol–water partition coefficient (Wildman–Crippen LogP) is 1.44. The summed E-state index contributed by atoms with van der Waals surface area (Å²) in [5.41, 5.74) is 1.24.